The Morgan fingerprint density at radius 3 is 2.53 bits per heavy atom. The molecule has 0 spiro atoms. The Balaban J connectivity index is 1.80. The number of aromatic nitrogens is 1. The molecule has 0 saturated carbocycles. The fourth-order valence-corrected chi connectivity index (χ4v) is 4.25. The minimum Gasteiger partial charge on any atom is -0.472 e. The summed E-state index contributed by atoms with van der Waals surface area (Å²) in [5.74, 6) is 3.48. The predicted molar refractivity (Wildman–Crippen MR) is 126 cm³/mol. The summed E-state index contributed by atoms with van der Waals surface area (Å²) in [6.45, 7) is -0.276. The number of rotatable bonds is 6. The topological polar surface area (TPSA) is 100 Å². The average Bonchev–Trinajstić information content (AvgIpc) is 3.32. The van der Waals surface area contributed by atoms with Gasteiger partial charge in [0.15, 0.2) is 0 Å². The van der Waals surface area contributed by atoms with E-state index in [9.17, 15) is 22.4 Å². The lowest BCUT2D eigenvalue weighted by molar-refractivity contribution is -0.137. The molecule has 1 heterocycles. The summed E-state index contributed by atoms with van der Waals surface area (Å²) in [4.78, 5) is 20.1. The molecule has 0 radical (unpaired) electrons. The lowest BCUT2D eigenvalue weighted by Gasteiger charge is -2.17. The van der Waals surface area contributed by atoms with Gasteiger partial charge in [0.1, 0.15) is 12.4 Å². The molecule has 0 fully saturated rings. The number of halogens is 5. The third-order valence-corrected chi connectivity index (χ3v) is 5.98. The number of nitrogens with two attached hydrogens (primary N) is 2. The number of pyridine rings is 1. The molecule has 1 aliphatic carbocycles. The highest BCUT2D eigenvalue weighted by Gasteiger charge is 2.33. The minimum atomic E-state index is -4.64. The van der Waals surface area contributed by atoms with Gasteiger partial charge in [-0.05, 0) is 72.4 Å². The molecule has 0 unspecified atom stereocenters. The summed E-state index contributed by atoms with van der Waals surface area (Å²) in [7, 11) is 0. The molecule has 1 aliphatic rings. The quantitative estimate of drug-likeness (QED) is 0.228. The Labute approximate surface area is 208 Å². The van der Waals surface area contributed by atoms with Crippen LogP contribution in [0.25, 0.3) is 11.1 Å². The number of benzene rings is 2. The first-order valence-corrected chi connectivity index (χ1v) is 11.1. The lowest BCUT2D eigenvalue weighted by atomic mass is 9.95. The van der Waals surface area contributed by atoms with Gasteiger partial charge in [-0.2, -0.15) is 19.1 Å². The molecular weight excluding hydrogens is 502 g/mol. The van der Waals surface area contributed by atoms with E-state index >= 15 is 0 Å². The van der Waals surface area contributed by atoms with E-state index in [2.05, 4.69) is 9.82 Å². The predicted octanol–water partition coefficient (Wildman–Crippen LogP) is 6.18. The number of hydrogen-bond donors (Lipinski definition) is 2. The zero-order valence-electron chi connectivity index (χ0n) is 18.7. The van der Waals surface area contributed by atoms with Gasteiger partial charge in [-0.1, -0.05) is 17.7 Å². The van der Waals surface area contributed by atoms with Crippen LogP contribution in [0.3, 0.4) is 0 Å². The molecule has 1 aromatic heterocycles. The fourth-order valence-electron chi connectivity index (χ4n) is 4.09. The molecule has 3 aromatic rings. The van der Waals surface area contributed by atoms with Gasteiger partial charge in [-0.25, -0.2) is 14.2 Å². The van der Waals surface area contributed by atoms with Crippen molar-refractivity contribution < 1.29 is 31.9 Å². The number of nitrogens with zero attached hydrogens (tertiary/aromatic N) is 1. The summed E-state index contributed by atoms with van der Waals surface area (Å²) in [5, 5.41) is 0.199. The highest BCUT2D eigenvalue weighted by Crippen LogP contribution is 2.44. The normalized spacial score (nSPS) is 13.7. The molecule has 0 bridgehead atoms. The van der Waals surface area contributed by atoms with Crippen LogP contribution < -0.4 is 16.4 Å². The standard InChI is InChI=1S/C25H20ClF4N3O3/c26-17-5-4-13(22(27)10-17)12-35-23-21(9-16(11-33-23)25(28,29)30)20-3-1-2-19(20)14-6-15(24(34)36-32)8-18(31)7-14/h4-11H,1-3,12,31-32H2. The monoisotopic (exact) mass is 521 g/mol. The second-order valence-corrected chi connectivity index (χ2v) is 8.59. The van der Waals surface area contributed by atoms with E-state index in [1.807, 2.05) is 0 Å². The SMILES string of the molecule is NOC(=O)c1cc(N)cc(C2=C(c3cc(C(F)(F)F)cnc3OCc3ccc(Cl)cc3F)CCC2)c1. The van der Waals surface area contributed by atoms with E-state index in [-0.39, 0.29) is 39.9 Å². The van der Waals surface area contributed by atoms with Crippen molar-refractivity contribution in [3.05, 3.63) is 87.3 Å². The molecule has 0 saturated heterocycles. The van der Waals surface area contributed by atoms with Crippen LogP contribution in [-0.2, 0) is 17.6 Å². The molecule has 36 heavy (non-hydrogen) atoms. The molecule has 188 valence electrons. The first-order chi connectivity index (χ1) is 17.1. The van der Waals surface area contributed by atoms with Crippen molar-refractivity contribution in [2.75, 3.05) is 5.73 Å². The number of carbonyl (C=O) groups is 1. The van der Waals surface area contributed by atoms with Crippen molar-refractivity contribution >= 4 is 34.4 Å². The van der Waals surface area contributed by atoms with Crippen LogP contribution in [-0.4, -0.2) is 11.0 Å². The Bertz CT molecular complexity index is 1360. The smallest absolute Gasteiger partial charge is 0.417 e. The highest BCUT2D eigenvalue weighted by molar-refractivity contribution is 6.30. The Hall–Kier alpha value is -3.63. The van der Waals surface area contributed by atoms with Gasteiger partial charge in [0, 0.05) is 28.0 Å². The van der Waals surface area contributed by atoms with Gasteiger partial charge in [0.05, 0.1) is 11.1 Å². The second-order valence-electron chi connectivity index (χ2n) is 8.16. The summed E-state index contributed by atoms with van der Waals surface area (Å²) >= 11 is 5.78. The minimum absolute atomic E-state index is 0.0859. The van der Waals surface area contributed by atoms with Gasteiger partial charge in [0.2, 0.25) is 5.88 Å². The van der Waals surface area contributed by atoms with Gasteiger partial charge in [-0.15, -0.1) is 0 Å². The summed E-state index contributed by atoms with van der Waals surface area (Å²) in [5.41, 5.74) is 7.40. The maximum atomic E-state index is 14.2. The van der Waals surface area contributed by atoms with E-state index < -0.39 is 23.5 Å². The largest absolute Gasteiger partial charge is 0.472 e. The van der Waals surface area contributed by atoms with Gasteiger partial charge < -0.3 is 15.3 Å². The van der Waals surface area contributed by atoms with Crippen LogP contribution in [0.5, 0.6) is 5.88 Å². The van der Waals surface area contributed by atoms with Gasteiger partial charge in [0.25, 0.3) is 0 Å². The highest BCUT2D eigenvalue weighted by atomic mass is 35.5. The van der Waals surface area contributed by atoms with Crippen molar-refractivity contribution in [2.24, 2.45) is 5.90 Å². The molecule has 6 nitrogen and oxygen atoms in total. The summed E-state index contributed by atoms with van der Waals surface area (Å²) < 4.78 is 60.6. The van der Waals surface area contributed by atoms with E-state index in [0.29, 0.717) is 42.2 Å². The maximum absolute atomic E-state index is 14.2. The zero-order chi connectivity index (χ0) is 26.0. The summed E-state index contributed by atoms with van der Waals surface area (Å²) in [6.07, 6.45) is -2.40. The molecule has 11 heteroatoms. The van der Waals surface area contributed by atoms with Crippen LogP contribution in [0.4, 0.5) is 23.2 Å². The number of nitrogen functional groups attached to an aromatic ring is 1. The van der Waals surface area contributed by atoms with Crippen molar-refractivity contribution in [2.45, 2.75) is 32.0 Å². The van der Waals surface area contributed by atoms with Crippen molar-refractivity contribution in [1.29, 1.82) is 0 Å². The molecule has 0 atom stereocenters. The number of ether oxygens (including phenoxy) is 1. The fraction of sp³-hybridized carbons (Fsp3) is 0.200. The van der Waals surface area contributed by atoms with Crippen molar-refractivity contribution in [3.63, 3.8) is 0 Å². The lowest BCUT2D eigenvalue weighted by Crippen LogP contribution is -2.11. The van der Waals surface area contributed by atoms with E-state index in [1.165, 1.54) is 24.3 Å². The van der Waals surface area contributed by atoms with Crippen molar-refractivity contribution in [3.8, 4) is 5.88 Å². The third-order valence-electron chi connectivity index (χ3n) is 5.75. The molecule has 2 aromatic carbocycles. The van der Waals surface area contributed by atoms with Crippen LogP contribution in [0.15, 0.2) is 48.7 Å². The Morgan fingerprint density at radius 1 is 1.08 bits per heavy atom. The maximum Gasteiger partial charge on any atom is 0.417 e. The second kappa shape index (κ2) is 10.2. The van der Waals surface area contributed by atoms with Gasteiger partial charge >= 0.3 is 12.1 Å². The molecule has 4 N–H and O–H groups in total. The number of carbonyl (C=O) groups excluding carboxylic acids is 1. The van der Waals surface area contributed by atoms with E-state index in [1.54, 1.807) is 6.07 Å². The zero-order valence-corrected chi connectivity index (χ0v) is 19.4. The average molecular weight is 522 g/mol. The Kier molecular flexibility index (Phi) is 7.18. The van der Waals surface area contributed by atoms with Crippen molar-refractivity contribution in [1.82, 2.24) is 4.98 Å². The molecule has 4 rings (SSSR count). The number of anilines is 1. The van der Waals surface area contributed by atoms with Crippen LogP contribution in [0, 0.1) is 5.82 Å². The summed E-state index contributed by atoms with van der Waals surface area (Å²) in [6, 6.07) is 9.48. The molecular formula is C25H20ClF4N3O3. The molecule has 0 amide bonds. The van der Waals surface area contributed by atoms with Crippen LogP contribution in [0.2, 0.25) is 5.02 Å². The first kappa shape index (κ1) is 25.5. The molecule has 0 aliphatic heterocycles. The van der Waals surface area contributed by atoms with E-state index in [0.717, 1.165) is 12.1 Å². The number of hydrogen-bond acceptors (Lipinski definition) is 6. The van der Waals surface area contributed by atoms with Gasteiger partial charge in [-0.3, -0.25) is 0 Å². The van der Waals surface area contributed by atoms with Crippen LogP contribution >= 0.6 is 11.6 Å². The number of allylic oxidation sites excluding steroid dienone is 2. The van der Waals surface area contributed by atoms with E-state index in [4.69, 9.17) is 28.0 Å². The van der Waals surface area contributed by atoms with Crippen LogP contribution in [0.1, 0.15) is 51.9 Å². The number of alkyl halides is 3. The first-order valence-electron chi connectivity index (χ1n) is 10.7. The Morgan fingerprint density at radius 2 is 1.83 bits per heavy atom. The third kappa shape index (κ3) is 5.44.